The third-order valence-corrected chi connectivity index (χ3v) is 6.76. The molecule has 1 aromatic rings. The Morgan fingerprint density at radius 2 is 1.52 bits per heavy atom. The lowest BCUT2D eigenvalue weighted by Gasteiger charge is -2.27. The lowest BCUT2D eigenvalue weighted by atomic mass is 9.87. The highest BCUT2D eigenvalue weighted by molar-refractivity contribution is 7.89. The zero-order valence-electron chi connectivity index (χ0n) is 14.1. The number of rotatable bonds is 4. The second kappa shape index (κ2) is 6.61. The molecule has 5 nitrogen and oxygen atoms in total. The van der Waals surface area contributed by atoms with E-state index in [1.807, 2.05) is 33.8 Å². The minimum atomic E-state index is -3.60. The standard InChI is InChI=1S/C17H25NO4S/c1-10-9-11(2)13(4)16(12(10)3)23(21,22)18-15-7-5-14(6-8-15)17(19)20/h9,14-15,18H,5-8H2,1-4H3,(H,19,20). The van der Waals surface area contributed by atoms with Gasteiger partial charge in [0.15, 0.2) is 0 Å². The SMILES string of the molecule is Cc1cc(C)c(C)c(S(=O)(=O)NC2CCC(C(=O)O)CC2)c1C. The Morgan fingerprint density at radius 3 is 1.96 bits per heavy atom. The molecule has 128 valence electrons. The fraction of sp³-hybridized carbons (Fsp3) is 0.588. The average Bonchev–Trinajstić information content (AvgIpc) is 2.45. The van der Waals surface area contributed by atoms with E-state index in [1.165, 1.54) is 0 Å². The van der Waals surface area contributed by atoms with E-state index in [2.05, 4.69) is 4.72 Å². The third-order valence-electron chi connectivity index (χ3n) is 4.96. The van der Waals surface area contributed by atoms with Gasteiger partial charge in [0.1, 0.15) is 0 Å². The van der Waals surface area contributed by atoms with Crippen molar-refractivity contribution in [2.75, 3.05) is 0 Å². The summed E-state index contributed by atoms with van der Waals surface area (Å²) in [4.78, 5) is 11.4. The van der Waals surface area contributed by atoms with Crippen molar-refractivity contribution >= 4 is 16.0 Å². The maximum Gasteiger partial charge on any atom is 0.306 e. The van der Waals surface area contributed by atoms with Gasteiger partial charge in [0.2, 0.25) is 10.0 Å². The summed E-state index contributed by atoms with van der Waals surface area (Å²) in [7, 11) is -3.60. The van der Waals surface area contributed by atoms with Crippen LogP contribution < -0.4 is 4.72 Å². The smallest absolute Gasteiger partial charge is 0.306 e. The van der Waals surface area contributed by atoms with Crippen LogP contribution >= 0.6 is 0 Å². The van der Waals surface area contributed by atoms with Crippen molar-refractivity contribution in [1.29, 1.82) is 0 Å². The summed E-state index contributed by atoms with van der Waals surface area (Å²) in [5, 5.41) is 9.03. The maximum absolute atomic E-state index is 12.8. The quantitative estimate of drug-likeness (QED) is 0.883. The van der Waals surface area contributed by atoms with E-state index in [0.29, 0.717) is 30.6 Å². The molecule has 1 aliphatic carbocycles. The molecular formula is C17H25NO4S. The monoisotopic (exact) mass is 339 g/mol. The summed E-state index contributed by atoms with van der Waals surface area (Å²) < 4.78 is 28.5. The molecule has 0 heterocycles. The van der Waals surface area contributed by atoms with Crippen molar-refractivity contribution in [3.63, 3.8) is 0 Å². The summed E-state index contributed by atoms with van der Waals surface area (Å²) in [5.74, 6) is -1.13. The number of sulfonamides is 1. The van der Waals surface area contributed by atoms with Crippen LogP contribution in [0.15, 0.2) is 11.0 Å². The first-order chi connectivity index (χ1) is 10.6. The molecule has 0 aromatic heterocycles. The zero-order valence-corrected chi connectivity index (χ0v) is 15.0. The van der Waals surface area contributed by atoms with Crippen LogP contribution in [0, 0.1) is 33.6 Å². The van der Waals surface area contributed by atoms with E-state index in [0.717, 1.165) is 22.3 Å². The normalized spacial score (nSPS) is 22.1. The van der Waals surface area contributed by atoms with E-state index >= 15 is 0 Å². The Hall–Kier alpha value is -1.40. The van der Waals surface area contributed by atoms with Gasteiger partial charge in [-0.05, 0) is 75.6 Å². The molecular weight excluding hydrogens is 314 g/mol. The molecule has 0 aliphatic heterocycles. The van der Waals surface area contributed by atoms with Crippen molar-refractivity contribution in [2.45, 2.75) is 64.3 Å². The van der Waals surface area contributed by atoms with E-state index in [1.54, 1.807) is 0 Å². The largest absolute Gasteiger partial charge is 0.481 e. The topological polar surface area (TPSA) is 83.5 Å². The van der Waals surface area contributed by atoms with Crippen molar-refractivity contribution in [1.82, 2.24) is 4.72 Å². The predicted molar refractivity (Wildman–Crippen MR) is 89.1 cm³/mol. The van der Waals surface area contributed by atoms with Gasteiger partial charge in [-0.25, -0.2) is 13.1 Å². The van der Waals surface area contributed by atoms with Gasteiger partial charge in [-0.3, -0.25) is 4.79 Å². The number of carboxylic acid groups (broad SMARTS) is 1. The minimum Gasteiger partial charge on any atom is -0.481 e. The first kappa shape index (κ1) is 17.9. The van der Waals surface area contributed by atoms with Crippen LogP contribution in [0.3, 0.4) is 0 Å². The van der Waals surface area contributed by atoms with Gasteiger partial charge >= 0.3 is 5.97 Å². The Bertz CT molecular complexity index is 690. The van der Waals surface area contributed by atoms with Gasteiger partial charge in [0.05, 0.1) is 10.8 Å². The molecule has 0 spiro atoms. The van der Waals surface area contributed by atoms with Gasteiger partial charge in [-0.15, -0.1) is 0 Å². The minimum absolute atomic E-state index is 0.185. The number of benzene rings is 1. The van der Waals surface area contributed by atoms with Crippen molar-refractivity contribution < 1.29 is 18.3 Å². The molecule has 2 rings (SSSR count). The Morgan fingerprint density at radius 1 is 1.04 bits per heavy atom. The van der Waals surface area contributed by atoms with Gasteiger partial charge in [-0.2, -0.15) is 0 Å². The number of hydrogen-bond acceptors (Lipinski definition) is 3. The molecule has 0 unspecified atom stereocenters. The van der Waals surface area contributed by atoms with Gasteiger partial charge in [-0.1, -0.05) is 6.07 Å². The van der Waals surface area contributed by atoms with Crippen LogP contribution in [-0.2, 0) is 14.8 Å². The molecule has 1 saturated carbocycles. The highest BCUT2D eigenvalue weighted by Crippen LogP contribution is 2.29. The third kappa shape index (κ3) is 3.75. The van der Waals surface area contributed by atoms with Crippen LogP contribution in [0.25, 0.3) is 0 Å². The van der Waals surface area contributed by atoms with Gasteiger partial charge < -0.3 is 5.11 Å². The molecule has 6 heteroatoms. The molecule has 23 heavy (non-hydrogen) atoms. The van der Waals surface area contributed by atoms with E-state index < -0.39 is 16.0 Å². The molecule has 2 N–H and O–H groups in total. The number of aliphatic carboxylic acids is 1. The molecule has 1 aliphatic rings. The van der Waals surface area contributed by atoms with Gasteiger partial charge in [0, 0.05) is 6.04 Å². The molecule has 0 amide bonds. The Balaban J connectivity index is 2.23. The number of carboxylic acids is 1. The average molecular weight is 339 g/mol. The van der Waals surface area contributed by atoms with Crippen LogP contribution in [0.2, 0.25) is 0 Å². The Labute approximate surface area is 138 Å². The molecule has 1 aromatic carbocycles. The predicted octanol–water partition coefficient (Wildman–Crippen LogP) is 2.84. The number of nitrogens with one attached hydrogen (secondary N) is 1. The first-order valence-electron chi connectivity index (χ1n) is 7.96. The molecule has 0 bridgehead atoms. The van der Waals surface area contributed by atoms with Crippen LogP contribution in [-0.4, -0.2) is 25.5 Å². The molecule has 0 saturated heterocycles. The summed E-state index contributed by atoms with van der Waals surface area (Å²) in [6.45, 7) is 7.49. The number of carbonyl (C=O) groups is 1. The van der Waals surface area contributed by atoms with Crippen LogP contribution in [0.5, 0.6) is 0 Å². The highest BCUT2D eigenvalue weighted by atomic mass is 32.2. The second-order valence-corrected chi connectivity index (χ2v) is 8.25. The maximum atomic E-state index is 12.8. The number of hydrogen-bond donors (Lipinski definition) is 2. The molecule has 0 radical (unpaired) electrons. The van der Waals surface area contributed by atoms with Crippen molar-refractivity contribution in [2.24, 2.45) is 5.92 Å². The first-order valence-corrected chi connectivity index (χ1v) is 9.44. The summed E-state index contributed by atoms with van der Waals surface area (Å²) >= 11 is 0. The summed E-state index contributed by atoms with van der Waals surface area (Å²) in [6.07, 6.45) is 2.18. The summed E-state index contributed by atoms with van der Waals surface area (Å²) in [5.41, 5.74) is 3.48. The zero-order chi connectivity index (χ0) is 17.4. The van der Waals surface area contributed by atoms with E-state index in [4.69, 9.17) is 5.11 Å². The number of aryl methyl sites for hydroxylation is 2. The van der Waals surface area contributed by atoms with Crippen molar-refractivity contribution in [3.05, 3.63) is 28.3 Å². The fourth-order valence-electron chi connectivity index (χ4n) is 3.32. The lowest BCUT2D eigenvalue weighted by Crippen LogP contribution is -2.39. The van der Waals surface area contributed by atoms with Gasteiger partial charge in [0.25, 0.3) is 0 Å². The highest BCUT2D eigenvalue weighted by Gasteiger charge is 2.30. The van der Waals surface area contributed by atoms with Crippen LogP contribution in [0.1, 0.15) is 47.9 Å². The molecule has 0 atom stereocenters. The second-order valence-electron chi connectivity index (χ2n) is 6.60. The fourth-order valence-corrected chi connectivity index (χ4v) is 5.24. The van der Waals surface area contributed by atoms with E-state index in [-0.39, 0.29) is 12.0 Å². The summed E-state index contributed by atoms with van der Waals surface area (Å²) in [6, 6.07) is 1.82. The lowest BCUT2D eigenvalue weighted by molar-refractivity contribution is -0.142. The van der Waals surface area contributed by atoms with Crippen molar-refractivity contribution in [3.8, 4) is 0 Å². The van der Waals surface area contributed by atoms with Crippen LogP contribution in [0.4, 0.5) is 0 Å². The van der Waals surface area contributed by atoms with E-state index in [9.17, 15) is 13.2 Å². The molecule has 1 fully saturated rings. The Kier molecular flexibility index (Phi) is 5.16.